The van der Waals surface area contributed by atoms with Crippen LogP contribution in [0.2, 0.25) is 0 Å². The lowest BCUT2D eigenvalue weighted by Gasteiger charge is -2.14. The molecule has 0 aromatic rings. The van der Waals surface area contributed by atoms with Crippen LogP contribution >= 0.6 is 0 Å². The quantitative estimate of drug-likeness (QED) is 0.488. The van der Waals surface area contributed by atoms with Crippen molar-refractivity contribution >= 4 is 0 Å². The maximum Gasteiger partial charge on any atom is 0.0701 e. The predicted octanol–water partition coefficient (Wildman–Crippen LogP) is 2.24. The van der Waals surface area contributed by atoms with E-state index in [2.05, 4.69) is 13.8 Å². The summed E-state index contributed by atoms with van der Waals surface area (Å²) in [5, 5.41) is 8.49. The van der Waals surface area contributed by atoms with Crippen LogP contribution in [-0.2, 0) is 14.2 Å². The van der Waals surface area contributed by atoms with Gasteiger partial charge >= 0.3 is 0 Å². The van der Waals surface area contributed by atoms with Crippen LogP contribution in [-0.4, -0.2) is 51.4 Å². The minimum Gasteiger partial charge on any atom is -0.394 e. The number of unbranched alkanes of at least 4 members (excludes halogenated alkanes) is 1. The van der Waals surface area contributed by atoms with Crippen molar-refractivity contribution in [2.45, 2.75) is 39.5 Å². The van der Waals surface area contributed by atoms with Gasteiger partial charge in [0, 0.05) is 6.61 Å². The van der Waals surface area contributed by atoms with Gasteiger partial charge in [0.05, 0.1) is 39.6 Å². The van der Waals surface area contributed by atoms with Gasteiger partial charge in [0.25, 0.3) is 0 Å². The molecule has 0 radical (unpaired) electrons. The largest absolute Gasteiger partial charge is 0.394 e. The third-order valence-corrected chi connectivity index (χ3v) is 2.88. The van der Waals surface area contributed by atoms with Crippen LogP contribution in [0.1, 0.15) is 39.5 Å². The van der Waals surface area contributed by atoms with Gasteiger partial charge in [-0.1, -0.05) is 33.1 Å². The smallest absolute Gasteiger partial charge is 0.0701 e. The van der Waals surface area contributed by atoms with E-state index in [1.165, 1.54) is 25.7 Å². The first-order chi connectivity index (χ1) is 8.85. The summed E-state index contributed by atoms with van der Waals surface area (Å²) in [4.78, 5) is 0. The molecule has 4 heteroatoms. The highest BCUT2D eigenvalue weighted by molar-refractivity contribution is 4.55. The van der Waals surface area contributed by atoms with Crippen molar-refractivity contribution in [2.75, 3.05) is 46.2 Å². The number of ether oxygens (including phenoxy) is 3. The molecule has 1 N–H and O–H groups in total. The van der Waals surface area contributed by atoms with E-state index in [1.807, 2.05) is 0 Å². The van der Waals surface area contributed by atoms with E-state index in [0.29, 0.717) is 39.0 Å². The zero-order valence-corrected chi connectivity index (χ0v) is 12.0. The Kier molecular flexibility index (Phi) is 14.8. The summed E-state index contributed by atoms with van der Waals surface area (Å²) < 4.78 is 16.0. The lowest BCUT2D eigenvalue weighted by Crippen LogP contribution is -2.14. The van der Waals surface area contributed by atoms with E-state index in [1.54, 1.807) is 0 Å². The van der Waals surface area contributed by atoms with Crippen LogP contribution in [0.3, 0.4) is 0 Å². The number of aliphatic hydroxyl groups excluding tert-OH is 1. The number of rotatable bonds is 14. The van der Waals surface area contributed by atoms with Crippen molar-refractivity contribution in [3.05, 3.63) is 0 Å². The molecule has 1 unspecified atom stereocenters. The number of hydrogen-bond donors (Lipinski definition) is 1. The van der Waals surface area contributed by atoms with Crippen molar-refractivity contribution in [3.63, 3.8) is 0 Å². The van der Waals surface area contributed by atoms with Crippen LogP contribution in [0.4, 0.5) is 0 Å². The van der Waals surface area contributed by atoms with Gasteiger partial charge in [-0.25, -0.2) is 0 Å². The molecule has 0 spiro atoms. The number of hydrogen-bond acceptors (Lipinski definition) is 4. The molecular weight excluding hydrogens is 232 g/mol. The fourth-order valence-corrected chi connectivity index (χ4v) is 1.65. The summed E-state index contributed by atoms with van der Waals surface area (Å²) in [6.45, 7) is 8.12. The maximum atomic E-state index is 8.49. The fourth-order valence-electron chi connectivity index (χ4n) is 1.65. The zero-order valence-electron chi connectivity index (χ0n) is 12.0. The SMILES string of the molecule is CCCCC(CC)COCCOCCOCCO. The highest BCUT2D eigenvalue weighted by Crippen LogP contribution is 2.12. The van der Waals surface area contributed by atoms with Crippen LogP contribution in [0, 0.1) is 5.92 Å². The third kappa shape index (κ3) is 12.3. The lowest BCUT2D eigenvalue weighted by molar-refractivity contribution is 0.000964. The molecule has 0 aromatic heterocycles. The summed E-state index contributed by atoms with van der Waals surface area (Å²) in [5.74, 6) is 0.692. The molecule has 18 heavy (non-hydrogen) atoms. The minimum absolute atomic E-state index is 0.0687. The molecule has 0 aliphatic carbocycles. The Hall–Kier alpha value is -0.160. The van der Waals surface area contributed by atoms with E-state index >= 15 is 0 Å². The summed E-state index contributed by atoms with van der Waals surface area (Å²) in [5.41, 5.74) is 0. The van der Waals surface area contributed by atoms with E-state index in [4.69, 9.17) is 19.3 Å². The van der Waals surface area contributed by atoms with E-state index < -0.39 is 0 Å². The first-order valence-corrected chi connectivity index (χ1v) is 7.19. The van der Waals surface area contributed by atoms with Crippen molar-refractivity contribution in [1.82, 2.24) is 0 Å². The topological polar surface area (TPSA) is 47.9 Å². The summed E-state index contributed by atoms with van der Waals surface area (Å²) in [6.07, 6.45) is 5.01. The Morgan fingerprint density at radius 2 is 1.50 bits per heavy atom. The van der Waals surface area contributed by atoms with Crippen molar-refractivity contribution in [1.29, 1.82) is 0 Å². The molecule has 0 aliphatic rings. The molecule has 0 fully saturated rings. The Morgan fingerprint density at radius 1 is 0.889 bits per heavy atom. The van der Waals surface area contributed by atoms with Gasteiger partial charge in [0.1, 0.15) is 0 Å². The monoisotopic (exact) mass is 262 g/mol. The van der Waals surface area contributed by atoms with Gasteiger partial charge in [0.2, 0.25) is 0 Å². The van der Waals surface area contributed by atoms with Gasteiger partial charge in [-0.05, 0) is 12.3 Å². The lowest BCUT2D eigenvalue weighted by atomic mass is 10.0. The molecule has 0 saturated carbocycles. The molecule has 0 bridgehead atoms. The molecule has 1 atom stereocenters. The Balaban J connectivity index is 3.17. The summed E-state index contributed by atoms with van der Waals surface area (Å²) >= 11 is 0. The molecule has 4 nitrogen and oxygen atoms in total. The van der Waals surface area contributed by atoms with Crippen LogP contribution < -0.4 is 0 Å². The minimum atomic E-state index is 0.0687. The fraction of sp³-hybridized carbons (Fsp3) is 1.00. The van der Waals surface area contributed by atoms with Gasteiger partial charge < -0.3 is 19.3 Å². The molecular formula is C14H30O4. The Labute approximate surface area is 112 Å². The summed E-state index contributed by atoms with van der Waals surface area (Å²) in [7, 11) is 0. The van der Waals surface area contributed by atoms with Crippen molar-refractivity contribution in [3.8, 4) is 0 Å². The average molecular weight is 262 g/mol. The van der Waals surface area contributed by atoms with Gasteiger partial charge in [0.15, 0.2) is 0 Å². The second kappa shape index (κ2) is 14.9. The van der Waals surface area contributed by atoms with Crippen LogP contribution in [0.25, 0.3) is 0 Å². The van der Waals surface area contributed by atoms with Gasteiger partial charge in [-0.15, -0.1) is 0 Å². The van der Waals surface area contributed by atoms with Gasteiger partial charge in [-0.3, -0.25) is 0 Å². The maximum absolute atomic E-state index is 8.49. The molecule has 0 amide bonds. The predicted molar refractivity (Wildman–Crippen MR) is 72.8 cm³/mol. The van der Waals surface area contributed by atoms with E-state index in [9.17, 15) is 0 Å². The molecule has 0 rings (SSSR count). The first-order valence-electron chi connectivity index (χ1n) is 7.19. The second-order valence-corrected chi connectivity index (χ2v) is 4.44. The highest BCUT2D eigenvalue weighted by atomic mass is 16.5. The second-order valence-electron chi connectivity index (χ2n) is 4.44. The van der Waals surface area contributed by atoms with Crippen LogP contribution in [0.15, 0.2) is 0 Å². The first kappa shape index (κ1) is 17.8. The Bertz CT molecular complexity index is 153. The molecule has 0 aromatic carbocycles. The number of aliphatic hydroxyl groups is 1. The van der Waals surface area contributed by atoms with Gasteiger partial charge in [-0.2, -0.15) is 0 Å². The Morgan fingerprint density at radius 3 is 2.06 bits per heavy atom. The van der Waals surface area contributed by atoms with E-state index in [-0.39, 0.29) is 6.61 Å². The molecule has 0 aliphatic heterocycles. The molecule has 0 heterocycles. The van der Waals surface area contributed by atoms with Crippen LogP contribution in [0.5, 0.6) is 0 Å². The average Bonchev–Trinajstić information content (AvgIpc) is 2.40. The zero-order chi connectivity index (χ0) is 13.5. The van der Waals surface area contributed by atoms with Crippen molar-refractivity contribution in [2.24, 2.45) is 5.92 Å². The summed E-state index contributed by atoms with van der Waals surface area (Å²) in [6, 6.07) is 0. The molecule has 0 saturated heterocycles. The van der Waals surface area contributed by atoms with E-state index in [0.717, 1.165) is 6.61 Å². The third-order valence-electron chi connectivity index (χ3n) is 2.88. The van der Waals surface area contributed by atoms with Crippen molar-refractivity contribution < 1.29 is 19.3 Å². The molecule has 110 valence electrons. The normalized spacial score (nSPS) is 12.8. The standard InChI is InChI=1S/C14H30O4/c1-3-5-6-14(4-2)13-18-12-11-17-10-9-16-8-7-15/h14-15H,3-13H2,1-2H3. The highest BCUT2D eigenvalue weighted by Gasteiger charge is 2.05.